The molecule has 0 aliphatic carbocycles. The van der Waals surface area contributed by atoms with Crippen molar-refractivity contribution < 1.29 is 28.6 Å². The largest absolute Gasteiger partial charge is 0.482 e. The Balaban J connectivity index is 1.70. The number of nitrogens with one attached hydrogen (secondary N) is 1. The lowest BCUT2D eigenvalue weighted by atomic mass is 10.1. The van der Waals surface area contributed by atoms with E-state index in [1.54, 1.807) is 44.5 Å². The number of halogens is 1. The van der Waals surface area contributed by atoms with Gasteiger partial charge < -0.3 is 24.1 Å². The highest BCUT2D eigenvalue weighted by Crippen LogP contribution is 2.35. The van der Waals surface area contributed by atoms with Gasteiger partial charge in [0.05, 0.1) is 24.5 Å². The first-order chi connectivity index (χ1) is 18.1. The quantitative estimate of drug-likeness (QED) is 0.235. The maximum Gasteiger partial charge on any atom is 0.348 e. The summed E-state index contributed by atoms with van der Waals surface area (Å²) < 4.78 is 18.0. The highest BCUT2D eigenvalue weighted by atomic mass is 35.5. The molecule has 0 saturated heterocycles. The molecule has 1 atom stereocenters. The number of thioether (sulfide) groups is 1. The van der Waals surface area contributed by atoms with Crippen molar-refractivity contribution in [2.75, 3.05) is 24.3 Å². The third-order valence-electron chi connectivity index (χ3n) is 5.35. The third kappa shape index (κ3) is 6.86. The van der Waals surface area contributed by atoms with Crippen LogP contribution in [0.3, 0.4) is 0 Å². The molecule has 13 heteroatoms. The first-order valence-electron chi connectivity index (χ1n) is 11.8. The van der Waals surface area contributed by atoms with Gasteiger partial charge in [-0.3, -0.25) is 4.79 Å². The molecule has 1 amide bonds. The molecule has 1 aromatic carbocycles. The fourth-order valence-electron chi connectivity index (χ4n) is 3.53. The number of ether oxygens (including phenoxy) is 3. The highest BCUT2D eigenvalue weighted by molar-refractivity contribution is 7.99. The second-order valence-electron chi connectivity index (χ2n) is 8.11. The van der Waals surface area contributed by atoms with Gasteiger partial charge in [0.2, 0.25) is 5.91 Å². The zero-order chi connectivity index (χ0) is 28.0. The lowest BCUT2D eigenvalue weighted by Crippen LogP contribution is -2.17. The van der Waals surface area contributed by atoms with Crippen molar-refractivity contribution in [3.8, 4) is 5.75 Å². The smallest absolute Gasteiger partial charge is 0.348 e. The highest BCUT2D eigenvalue weighted by Gasteiger charge is 2.27. The molecule has 1 unspecified atom stereocenters. The van der Waals surface area contributed by atoms with Crippen LogP contribution in [0.4, 0.5) is 5.00 Å². The van der Waals surface area contributed by atoms with Gasteiger partial charge in [-0.15, -0.1) is 21.5 Å². The van der Waals surface area contributed by atoms with Gasteiger partial charge in [0.1, 0.15) is 15.6 Å². The van der Waals surface area contributed by atoms with E-state index in [0.29, 0.717) is 27.3 Å². The molecule has 38 heavy (non-hydrogen) atoms. The van der Waals surface area contributed by atoms with Crippen molar-refractivity contribution in [1.82, 2.24) is 14.8 Å². The minimum atomic E-state index is -0.623. The monoisotopic (exact) mass is 580 g/mol. The molecule has 3 aromatic rings. The molecule has 0 aliphatic rings. The van der Waals surface area contributed by atoms with E-state index in [-0.39, 0.29) is 40.3 Å². The third-order valence-corrected chi connectivity index (χ3v) is 7.79. The molecule has 0 bridgehead atoms. The minimum Gasteiger partial charge on any atom is -0.482 e. The van der Waals surface area contributed by atoms with Crippen LogP contribution in [0.2, 0.25) is 5.02 Å². The van der Waals surface area contributed by atoms with Crippen LogP contribution in [0.1, 0.15) is 63.9 Å². The first kappa shape index (κ1) is 29.5. The summed E-state index contributed by atoms with van der Waals surface area (Å²) in [5.41, 5.74) is 1.44. The predicted octanol–water partition coefficient (Wildman–Crippen LogP) is 5.37. The Kier molecular flexibility index (Phi) is 10.2. The Bertz CT molecular complexity index is 1340. The fourth-order valence-corrected chi connectivity index (χ4v) is 5.58. The van der Waals surface area contributed by atoms with Crippen LogP contribution in [0.15, 0.2) is 23.4 Å². The van der Waals surface area contributed by atoms with E-state index in [9.17, 15) is 14.4 Å². The normalized spacial score (nSPS) is 11.7. The van der Waals surface area contributed by atoms with Crippen molar-refractivity contribution in [3.05, 3.63) is 50.6 Å². The summed E-state index contributed by atoms with van der Waals surface area (Å²) in [7, 11) is 1.79. The molecule has 10 nitrogen and oxygen atoms in total. The van der Waals surface area contributed by atoms with E-state index in [2.05, 4.69) is 15.5 Å². The van der Waals surface area contributed by atoms with E-state index in [4.69, 9.17) is 25.8 Å². The summed E-state index contributed by atoms with van der Waals surface area (Å²) in [5.74, 6) is -0.312. The molecule has 0 aliphatic heterocycles. The number of aryl methyl sites for hydroxylation is 1. The van der Waals surface area contributed by atoms with E-state index in [1.165, 1.54) is 11.8 Å². The lowest BCUT2D eigenvalue weighted by Gasteiger charge is -2.16. The number of hydrogen-bond acceptors (Lipinski definition) is 10. The van der Waals surface area contributed by atoms with Crippen LogP contribution < -0.4 is 10.1 Å². The summed E-state index contributed by atoms with van der Waals surface area (Å²) in [6.07, 6.45) is -0.405. The Morgan fingerprint density at radius 1 is 1.13 bits per heavy atom. The number of benzene rings is 1. The summed E-state index contributed by atoms with van der Waals surface area (Å²) in [6.45, 7) is 9.09. The Morgan fingerprint density at radius 2 is 1.82 bits per heavy atom. The van der Waals surface area contributed by atoms with E-state index in [0.717, 1.165) is 16.9 Å². The fraction of sp³-hybridized carbons (Fsp3) is 0.400. The molecule has 0 spiro atoms. The maximum atomic E-state index is 12.8. The molecule has 0 saturated carbocycles. The average molecular weight is 581 g/mol. The Hall–Kier alpha value is -3.09. The summed E-state index contributed by atoms with van der Waals surface area (Å²) in [4.78, 5) is 37.9. The first-order valence-corrected chi connectivity index (χ1v) is 14.0. The van der Waals surface area contributed by atoms with Gasteiger partial charge in [0.25, 0.3) is 0 Å². The minimum absolute atomic E-state index is 0.00848. The number of thiophene rings is 1. The van der Waals surface area contributed by atoms with Gasteiger partial charge in [-0.2, -0.15) is 0 Å². The Labute approximate surface area is 234 Å². The van der Waals surface area contributed by atoms with E-state index >= 15 is 0 Å². The molecule has 204 valence electrons. The number of aromatic nitrogens is 3. The predicted molar refractivity (Wildman–Crippen MR) is 147 cm³/mol. The number of hydrogen-bond donors (Lipinski definition) is 1. The molecule has 2 aromatic heterocycles. The molecule has 2 heterocycles. The van der Waals surface area contributed by atoms with Crippen LogP contribution in [-0.2, 0) is 21.3 Å². The van der Waals surface area contributed by atoms with Gasteiger partial charge in [-0.25, -0.2) is 9.59 Å². The standard InChI is InChI=1S/C25H29ClN4O6S2/c1-7-34-23(32)19-14(4)20(24(33)35-8-2)38-22(19)27-18(31)12-37-25-29-28-21(30(25)6)15(5)36-17-10-9-16(26)11-13(17)3/h9-11,15H,7-8,12H2,1-6H3,(H,27,31). The summed E-state index contributed by atoms with van der Waals surface area (Å²) in [6, 6.07) is 5.37. The zero-order valence-electron chi connectivity index (χ0n) is 21.9. The van der Waals surface area contributed by atoms with Gasteiger partial charge in [-0.05, 0) is 63.9 Å². The van der Waals surface area contributed by atoms with E-state index < -0.39 is 18.0 Å². The SMILES string of the molecule is CCOC(=O)c1sc(NC(=O)CSc2nnc(C(C)Oc3ccc(Cl)cc3C)n2C)c(C(=O)OCC)c1C. The molecule has 1 N–H and O–H groups in total. The molecule has 0 radical (unpaired) electrons. The number of amides is 1. The van der Waals surface area contributed by atoms with Crippen LogP contribution in [0.5, 0.6) is 5.75 Å². The number of anilines is 1. The van der Waals surface area contributed by atoms with Crippen molar-refractivity contribution in [2.45, 2.75) is 45.9 Å². The van der Waals surface area contributed by atoms with E-state index in [1.807, 2.05) is 19.9 Å². The van der Waals surface area contributed by atoms with Crippen molar-refractivity contribution >= 4 is 57.5 Å². The lowest BCUT2D eigenvalue weighted by molar-refractivity contribution is -0.113. The Morgan fingerprint density at radius 3 is 2.47 bits per heavy atom. The summed E-state index contributed by atoms with van der Waals surface area (Å²) >= 11 is 8.18. The van der Waals surface area contributed by atoms with Crippen LogP contribution in [0, 0.1) is 13.8 Å². The second kappa shape index (κ2) is 13.1. The number of rotatable bonds is 11. The van der Waals surface area contributed by atoms with Crippen molar-refractivity contribution in [1.29, 1.82) is 0 Å². The molecular formula is C25H29ClN4O6S2. The van der Waals surface area contributed by atoms with Gasteiger partial charge in [0.15, 0.2) is 17.1 Å². The topological polar surface area (TPSA) is 122 Å². The number of carbonyl (C=O) groups is 3. The molecular weight excluding hydrogens is 552 g/mol. The van der Waals surface area contributed by atoms with Crippen molar-refractivity contribution in [3.63, 3.8) is 0 Å². The van der Waals surface area contributed by atoms with Gasteiger partial charge in [0, 0.05) is 12.1 Å². The summed E-state index contributed by atoms with van der Waals surface area (Å²) in [5, 5.41) is 12.5. The number of esters is 2. The van der Waals surface area contributed by atoms with Crippen LogP contribution in [-0.4, -0.2) is 51.6 Å². The van der Waals surface area contributed by atoms with Crippen molar-refractivity contribution in [2.24, 2.45) is 7.05 Å². The average Bonchev–Trinajstić information content (AvgIpc) is 3.39. The second-order valence-corrected chi connectivity index (χ2v) is 10.5. The van der Waals surface area contributed by atoms with Gasteiger partial charge in [-0.1, -0.05) is 23.4 Å². The number of nitrogens with zero attached hydrogens (tertiary/aromatic N) is 3. The maximum absolute atomic E-state index is 12.8. The van der Waals surface area contributed by atoms with Crippen LogP contribution >= 0.6 is 34.7 Å². The molecule has 0 fully saturated rings. The molecule has 3 rings (SSSR count). The van der Waals surface area contributed by atoms with Crippen LogP contribution in [0.25, 0.3) is 0 Å². The van der Waals surface area contributed by atoms with Gasteiger partial charge >= 0.3 is 11.9 Å². The zero-order valence-corrected chi connectivity index (χ0v) is 24.3. The number of carbonyl (C=O) groups excluding carboxylic acids is 3.